The average Bonchev–Trinajstić information content (AvgIpc) is 3.05. The van der Waals surface area contributed by atoms with E-state index < -0.39 is 23.8 Å². The zero-order valence-corrected chi connectivity index (χ0v) is 18.7. The minimum atomic E-state index is -1.13. The third kappa shape index (κ3) is 4.65. The number of hydrogen-bond donors (Lipinski definition) is 1. The zero-order chi connectivity index (χ0) is 23.3. The molecule has 0 aliphatic heterocycles. The number of carbonyl (C=O) groups excluding carboxylic acids is 3. The second-order valence-corrected chi connectivity index (χ2v) is 6.64. The van der Waals surface area contributed by atoms with Gasteiger partial charge in [0.25, 0.3) is 0 Å². The highest BCUT2D eigenvalue weighted by atomic mass is 16.6. The van der Waals surface area contributed by atoms with E-state index in [2.05, 4.69) is 4.98 Å². The third-order valence-electron chi connectivity index (χ3n) is 4.74. The molecule has 0 fully saturated rings. The Morgan fingerprint density at radius 2 is 1.61 bits per heavy atom. The molecule has 9 nitrogen and oxygen atoms in total. The molecule has 1 atom stereocenters. The zero-order valence-electron chi connectivity index (χ0n) is 18.7. The molecule has 0 aliphatic carbocycles. The number of ether oxygens (including phenoxy) is 5. The molecule has 1 unspecified atom stereocenters. The first-order valence-corrected chi connectivity index (χ1v) is 9.62. The maximum absolute atomic E-state index is 12.9. The molecule has 31 heavy (non-hydrogen) atoms. The predicted octanol–water partition coefficient (Wildman–Crippen LogP) is 3.26. The van der Waals surface area contributed by atoms with Crippen molar-refractivity contribution >= 4 is 17.7 Å². The Balaban J connectivity index is 2.29. The fourth-order valence-electron chi connectivity index (χ4n) is 3.25. The average molecular weight is 433 g/mol. The van der Waals surface area contributed by atoms with Crippen LogP contribution in [0.4, 0.5) is 0 Å². The first-order chi connectivity index (χ1) is 14.7. The Morgan fingerprint density at radius 3 is 2.16 bits per heavy atom. The number of H-pyrrole nitrogens is 1. The van der Waals surface area contributed by atoms with Gasteiger partial charge in [-0.1, -0.05) is 0 Å². The van der Waals surface area contributed by atoms with E-state index in [1.54, 1.807) is 20.8 Å². The number of hydrogen-bond acceptors (Lipinski definition) is 8. The van der Waals surface area contributed by atoms with Gasteiger partial charge in [0.2, 0.25) is 11.5 Å². The number of rotatable bonds is 9. The standard InChI is InChI=1S/C22H27NO8/c1-8-30-22(26)16-11(2)17(23-12(16)3)18(24)13(4)31-21(25)14-9-10-15(27-5)20(29-7)19(14)28-6/h9-10,13,23H,8H2,1-7H3. The van der Waals surface area contributed by atoms with Crippen LogP contribution < -0.4 is 14.2 Å². The highest BCUT2D eigenvalue weighted by Gasteiger charge is 2.29. The van der Waals surface area contributed by atoms with Gasteiger partial charge in [-0.05, 0) is 45.4 Å². The Bertz CT molecular complexity index is 992. The predicted molar refractivity (Wildman–Crippen MR) is 112 cm³/mol. The van der Waals surface area contributed by atoms with E-state index in [1.807, 2.05) is 0 Å². The Morgan fingerprint density at radius 1 is 0.968 bits per heavy atom. The molecule has 0 bridgehead atoms. The van der Waals surface area contributed by atoms with Gasteiger partial charge in [0.1, 0.15) is 5.56 Å². The summed E-state index contributed by atoms with van der Waals surface area (Å²) in [5, 5.41) is 0. The molecular weight excluding hydrogens is 406 g/mol. The van der Waals surface area contributed by atoms with Crippen molar-refractivity contribution in [3.63, 3.8) is 0 Å². The lowest BCUT2D eigenvalue weighted by Gasteiger charge is -2.17. The van der Waals surface area contributed by atoms with Gasteiger partial charge in [-0.3, -0.25) is 4.79 Å². The van der Waals surface area contributed by atoms with Gasteiger partial charge in [0.05, 0.1) is 39.2 Å². The lowest BCUT2D eigenvalue weighted by atomic mass is 10.1. The second-order valence-electron chi connectivity index (χ2n) is 6.64. The van der Waals surface area contributed by atoms with E-state index in [0.29, 0.717) is 22.6 Å². The molecule has 2 aromatic rings. The summed E-state index contributed by atoms with van der Waals surface area (Å²) >= 11 is 0. The fourth-order valence-corrected chi connectivity index (χ4v) is 3.25. The number of esters is 2. The SMILES string of the molecule is CCOC(=O)c1c(C)[nH]c(C(=O)C(C)OC(=O)c2ccc(OC)c(OC)c2OC)c1C. The van der Waals surface area contributed by atoms with E-state index in [9.17, 15) is 14.4 Å². The van der Waals surface area contributed by atoms with Crippen LogP contribution in [-0.2, 0) is 9.47 Å². The van der Waals surface area contributed by atoms with Crippen molar-refractivity contribution in [1.29, 1.82) is 0 Å². The quantitative estimate of drug-likeness (QED) is 0.474. The maximum Gasteiger partial charge on any atom is 0.342 e. The van der Waals surface area contributed by atoms with Gasteiger partial charge in [0, 0.05) is 5.69 Å². The summed E-state index contributed by atoms with van der Waals surface area (Å²) in [5.74, 6) is -1.04. The number of aromatic amines is 1. The molecule has 0 aliphatic rings. The molecule has 1 N–H and O–H groups in total. The molecule has 0 saturated heterocycles. The van der Waals surface area contributed by atoms with Crippen LogP contribution in [0.2, 0.25) is 0 Å². The first kappa shape index (κ1) is 23.8. The number of ketones is 1. The summed E-state index contributed by atoms with van der Waals surface area (Å²) in [6, 6.07) is 3.00. The third-order valence-corrected chi connectivity index (χ3v) is 4.74. The van der Waals surface area contributed by atoms with Gasteiger partial charge in [0.15, 0.2) is 17.6 Å². The lowest BCUT2D eigenvalue weighted by Crippen LogP contribution is -2.25. The number of benzene rings is 1. The molecule has 1 aromatic heterocycles. The van der Waals surface area contributed by atoms with Gasteiger partial charge < -0.3 is 28.7 Å². The number of methoxy groups -OCH3 is 3. The summed E-state index contributed by atoms with van der Waals surface area (Å²) in [6.07, 6.45) is -1.13. The molecule has 1 aromatic carbocycles. The summed E-state index contributed by atoms with van der Waals surface area (Å²) in [4.78, 5) is 40.7. The summed E-state index contributed by atoms with van der Waals surface area (Å²) in [5.41, 5.74) is 1.49. The number of aromatic nitrogens is 1. The summed E-state index contributed by atoms with van der Waals surface area (Å²) in [6.45, 7) is 6.67. The first-order valence-electron chi connectivity index (χ1n) is 9.62. The number of Topliss-reactive ketones (excluding diaryl/α,β-unsaturated/α-hetero) is 1. The molecule has 0 spiro atoms. The largest absolute Gasteiger partial charge is 0.493 e. The Hall–Kier alpha value is -3.49. The maximum atomic E-state index is 12.9. The van der Waals surface area contributed by atoms with Crippen LogP contribution in [0.5, 0.6) is 17.2 Å². The molecular formula is C22H27NO8. The Labute approximate surface area is 180 Å². The van der Waals surface area contributed by atoms with Crippen LogP contribution in [0.3, 0.4) is 0 Å². The van der Waals surface area contributed by atoms with Crippen LogP contribution >= 0.6 is 0 Å². The van der Waals surface area contributed by atoms with E-state index >= 15 is 0 Å². The van der Waals surface area contributed by atoms with Gasteiger partial charge in [-0.15, -0.1) is 0 Å². The smallest absolute Gasteiger partial charge is 0.342 e. The van der Waals surface area contributed by atoms with Gasteiger partial charge >= 0.3 is 11.9 Å². The van der Waals surface area contributed by atoms with Crippen molar-refractivity contribution in [2.45, 2.75) is 33.8 Å². The van der Waals surface area contributed by atoms with Crippen molar-refractivity contribution < 1.29 is 38.1 Å². The van der Waals surface area contributed by atoms with E-state index in [0.717, 1.165) is 0 Å². The molecule has 0 radical (unpaired) electrons. The summed E-state index contributed by atoms with van der Waals surface area (Å²) < 4.78 is 26.2. The minimum Gasteiger partial charge on any atom is -0.493 e. The summed E-state index contributed by atoms with van der Waals surface area (Å²) in [7, 11) is 4.25. The van der Waals surface area contributed by atoms with Crippen LogP contribution in [-0.4, -0.2) is 56.7 Å². The van der Waals surface area contributed by atoms with Crippen molar-refractivity contribution in [1.82, 2.24) is 4.98 Å². The molecule has 168 valence electrons. The second kappa shape index (κ2) is 10.0. The molecule has 1 heterocycles. The van der Waals surface area contributed by atoms with Crippen molar-refractivity contribution in [2.75, 3.05) is 27.9 Å². The minimum absolute atomic E-state index is 0.0754. The van der Waals surface area contributed by atoms with Gasteiger partial charge in [-0.25, -0.2) is 9.59 Å². The monoisotopic (exact) mass is 433 g/mol. The van der Waals surface area contributed by atoms with Crippen molar-refractivity contribution in [3.05, 3.63) is 40.2 Å². The van der Waals surface area contributed by atoms with E-state index in [-0.39, 0.29) is 29.4 Å². The van der Waals surface area contributed by atoms with Crippen LogP contribution in [0, 0.1) is 13.8 Å². The van der Waals surface area contributed by atoms with Crippen LogP contribution in [0.1, 0.15) is 56.3 Å². The lowest BCUT2D eigenvalue weighted by molar-refractivity contribution is 0.0313. The highest BCUT2D eigenvalue weighted by Crippen LogP contribution is 2.40. The molecule has 0 amide bonds. The molecule has 9 heteroatoms. The molecule has 2 rings (SSSR count). The van der Waals surface area contributed by atoms with E-state index in [1.165, 1.54) is 40.4 Å². The van der Waals surface area contributed by atoms with Crippen LogP contribution in [0.15, 0.2) is 12.1 Å². The highest BCUT2D eigenvalue weighted by molar-refractivity contribution is 6.05. The topological polar surface area (TPSA) is 113 Å². The van der Waals surface area contributed by atoms with Gasteiger partial charge in [-0.2, -0.15) is 0 Å². The van der Waals surface area contributed by atoms with Crippen molar-refractivity contribution in [2.24, 2.45) is 0 Å². The van der Waals surface area contributed by atoms with E-state index in [4.69, 9.17) is 23.7 Å². The fraction of sp³-hybridized carbons (Fsp3) is 0.409. The number of carbonyl (C=O) groups is 3. The molecule has 0 saturated carbocycles. The van der Waals surface area contributed by atoms with Crippen LogP contribution in [0.25, 0.3) is 0 Å². The number of nitrogens with one attached hydrogen (secondary N) is 1. The Kier molecular flexibility index (Phi) is 7.68. The normalized spacial score (nSPS) is 11.5. The number of aryl methyl sites for hydroxylation is 1. The van der Waals surface area contributed by atoms with Crippen molar-refractivity contribution in [3.8, 4) is 17.2 Å².